The summed E-state index contributed by atoms with van der Waals surface area (Å²) in [5.74, 6) is -0.702. The number of rotatable bonds is 5. The molecule has 0 aliphatic heterocycles. The minimum absolute atomic E-state index is 0.114. The Kier molecular flexibility index (Phi) is 4.98. The van der Waals surface area contributed by atoms with Gasteiger partial charge in [-0.2, -0.15) is 13.2 Å². The first-order valence-corrected chi connectivity index (χ1v) is 6.98. The van der Waals surface area contributed by atoms with E-state index in [1.165, 1.54) is 6.07 Å². The van der Waals surface area contributed by atoms with E-state index in [4.69, 9.17) is 0 Å². The maximum absolute atomic E-state index is 12.5. The van der Waals surface area contributed by atoms with Crippen LogP contribution in [0.15, 0.2) is 29.2 Å². The Bertz CT molecular complexity index is 584. The van der Waals surface area contributed by atoms with Crippen molar-refractivity contribution in [3.8, 4) is 0 Å². The maximum Gasteiger partial charge on any atom is 0.501 e. The number of hydrogen-bond donors (Lipinski definition) is 1. The first-order chi connectivity index (χ1) is 9.20. The van der Waals surface area contributed by atoms with E-state index < -0.39 is 32.8 Å². The zero-order valence-corrected chi connectivity index (χ0v) is 11.2. The standard InChI is InChI=1S/C11H12F3NO4S/c1-2-19-10(16)7-15-8-5-3-4-6-9(8)20(17,18)11(12,13)14/h3-6,15H,2,7H2,1H3. The Hall–Kier alpha value is -1.77. The van der Waals surface area contributed by atoms with Crippen LogP contribution in [-0.2, 0) is 19.4 Å². The monoisotopic (exact) mass is 311 g/mol. The van der Waals surface area contributed by atoms with E-state index in [1.807, 2.05) is 0 Å². The van der Waals surface area contributed by atoms with Crippen molar-refractivity contribution in [1.29, 1.82) is 0 Å². The van der Waals surface area contributed by atoms with Crippen LogP contribution in [0.25, 0.3) is 0 Å². The van der Waals surface area contributed by atoms with Crippen molar-refractivity contribution >= 4 is 21.5 Å². The summed E-state index contributed by atoms with van der Waals surface area (Å²) in [6, 6.07) is 4.46. The summed E-state index contributed by atoms with van der Waals surface area (Å²) >= 11 is 0. The molecule has 0 aliphatic rings. The van der Waals surface area contributed by atoms with Gasteiger partial charge in [-0.05, 0) is 19.1 Å². The first-order valence-electron chi connectivity index (χ1n) is 5.50. The molecule has 0 amide bonds. The molecule has 1 aromatic carbocycles. The summed E-state index contributed by atoms with van der Waals surface area (Å²) < 4.78 is 64.8. The Morgan fingerprint density at radius 1 is 1.30 bits per heavy atom. The fourth-order valence-corrected chi connectivity index (χ4v) is 2.29. The fraction of sp³-hybridized carbons (Fsp3) is 0.364. The molecule has 0 saturated heterocycles. The Balaban J connectivity index is 3.04. The third kappa shape index (κ3) is 3.62. The number of carbonyl (C=O) groups is 1. The van der Waals surface area contributed by atoms with E-state index in [2.05, 4.69) is 10.1 Å². The zero-order chi connectivity index (χ0) is 15.4. The fourth-order valence-electron chi connectivity index (χ4n) is 1.35. The van der Waals surface area contributed by atoms with E-state index in [-0.39, 0.29) is 12.3 Å². The molecule has 0 radical (unpaired) electrons. The van der Waals surface area contributed by atoms with Crippen LogP contribution in [0.1, 0.15) is 6.92 Å². The van der Waals surface area contributed by atoms with Crippen LogP contribution in [0.2, 0.25) is 0 Å². The van der Waals surface area contributed by atoms with E-state index in [9.17, 15) is 26.4 Å². The molecule has 1 N–H and O–H groups in total. The Labute approximate surface area is 113 Å². The van der Waals surface area contributed by atoms with Gasteiger partial charge in [0, 0.05) is 0 Å². The van der Waals surface area contributed by atoms with Gasteiger partial charge in [0.05, 0.1) is 17.2 Å². The van der Waals surface area contributed by atoms with Crippen LogP contribution in [0.4, 0.5) is 18.9 Å². The van der Waals surface area contributed by atoms with Gasteiger partial charge in [-0.1, -0.05) is 12.1 Å². The number of halogens is 3. The summed E-state index contributed by atoms with van der Waals surface area (Å²) in [6.45, 7) is 1.25. The molecule has 9 heteroatoms. The summed E-state index contributed by atoms with van der Waals surface area (Å²) in [5, 5.41) is 2.32. The Morgan fingerprint density at radius 3 is 2.45 bits per heavy atom. The number of hydrogen-bond acceptors (Lipinski definition) is 5. The normalized spacial score (nSPS) is 12.0. The topological polar surface area (TPSA) is 72.5 Å². The molecule has 5 nitrogen and oxygen atoms in total. The highest BCUT2D eigenvalue weighted by atomic mass is 32.2. The predicted molar refractivity (Wildman–Crippen MR) is 64.8 cm³/mol. The number of sulfone groups is 1. The summed E-state index contributed by atoms with van der Waals surface area (Å²) in [6.07, 6.45) is 0. The van der Waals surface area contributed by atoms with Crippen LogP contribution in [0, 0.1) is 0 Å². The van der Waals surface area contributed by atoms with Gasteiger partial charge in [0.1, 0.15) is 6.54 Å². The second kappa shape index (κ2) is 6.12. The molecule has 1 rings (SSSR count). The molecule has 0 fully saturated rings. The molecule has 0 atom stereocenters. The van der Waals surface area contributed by atoms with Gasteiger partial charge >= 0.3 is 11.5 Å². The van der Waals surface area contributed by atoms with Crippen LogP contribution in [0.5, 0.6) is 0 Å². The van der Waals surface area contributed by atoms with Gasteiger partial charge in [-0.15, -0.1) is 0 Å². The predicted octanol–water partition coefficient (Wildman–Crippen LogP) is 1.96. The number of alkyl halides is 3. The van der Waals surface area contributed by atoms with Gasteiger partial charge < -0.3 is 10.1 Å². The Morgan fingerprint density at radius 2 is 1.90 bits per heavy atom. The molecule has 1 aromatic rings. The van der Waals surface area contributed by atoms with Crippen molar-refractivity contribution in [3.63, 3.8) is 0 Å². The lowest BCUT2D eigenvalue weighted by Gasteiger charge is -2.13. The zero-order valence-electron chi connectivity index (χ0n) is 10.4. The van der Waals surface area contributed by atoms with Crippen LogP contribution in [-0.4, -0.2) is 33.0 Å². The number of esters is 1. The highest BCUT2D eigenvalue weighted by Gasteiger charge is 2.47. The molecule has 0 aliphatic carbocycles. The molecule has 0 saturated carbocycles. The summed E-state index contributed by atoms with van der Waals surface area (Å²) in [7, 11) is -5.48. The van der Waals surface area contributed by atoms with E-state index in [1.54, 1.807) is 6.92 Å². The number of ether oxygens (including phenoxy) is 1. The molecular weight excluding hydrogens is 299 g/mol. The molecule has 0 spiro atoms. The molecule has 112 valence electrons. The van der Waals surface area contributed by atoms with Gasteiger partial charge in [0.15, 0.2) is 0 Å². The molecule has 0 unspecified atom stereocenters. The molecule has 20 heavy (non-hydrogen) atoms. The third-order valence-corrected chi connectivity index (χ3v) is 3.75. The number of nitrogens with one attached hydrogen (secondary N) is 1. The van der Waals surface area contributed by atoms with Crippen molar-refractivity contribution in [2.75, 3.05) is 18.5 Å². The minimum atomic E-state index is -5.48. The second-order valence-corrected chi connectivity index (χ2v) is 5.51. The largest absolute Gasteiger partial charge is 0.501 e. The quantitative estimate of drug-likeness (QED) is 0.842. The van der Waals surface area contributed by atoms with Gasteiger partial charge in [-0.25, -0.2) is 8.42 Å². The number of carbonyl (C=O) groups excluding carboxylic acids is 1. The average molecular weight is 311 g/mol. The van der Waals surface area contributed by atoms with E-state index in [0.29, 0.717) is 0 Å². The van der Waals surface area contributed by atoms with Gasteiger partial charge in [0.2, 0.25) is 0 Å². The molecule has 0 aromatic heterocycles. The molecule has 0 heterocycles. The number of anilines is 1. The smallest absolute Gasteiger partial charge is 0.465 e. The summed E-state index contributed by atoms with van der Waals surface area (Å²) in [4.78, 5) is 10.2. The van der Waals surface area contributed by atoms with Crippen LogP contribution < -0.4 is 5.32 Å². The van der Waals surface area contributed by atoms with Crippen LogP contribution >= 0.6 is 0 Å². The number of benzene rings is 1. The van der Waals surface area contributed by atoms with Crippen molar-refractivity contribution in [2.45, 2.75) is 17.3 Å². The van der Waals surface area contributed by atoms with Crippen molar-refractivity contribution in [2.24, 2.45) is 0 Å². The second-order valence-electron chi connectivity index (χ2n) is 3.60. The first kappa shape index (κ1) is 16.3. The lowest BCUT2D eigenvalue weighted by molar-refractivity contribution is -0.140. The van der Waals surface area contributed by atoms with E-state index in [0.717, 1.165) is 18.2 Å². The maximum atomic E-state index is 12.5. The van der Waals surface area contributed by atoms with Crippen molar-refractivity contribution < 1.29 is 31.1 Å². The van der Waals surface area contributed by atoms with Gasteiger partial charge in [0.25, 0.3) is 9.84 Å². The average Bonchev–Trinajstić information content (AvgIpc) is 2.35. The van der Waals surface area contributed by atoms with Crippen molar-refractivity contribution in [3.05, 3.63) is 24.3 Å². The van der Waals surface area contributed by atoms with Crippen molar-refractivity contribution in [1.82, 2.24) is 0 Å². The molecule has 0 bridgehead atoms. The lowest BCUT2D eigenvalue weighted by Crippen LogP contribution is -2.25. The van der Waals surface area contributed by atoms with Crippen LogP contribution in [0.3, 0.4) is 0 Å². The summed E-state index contributed by atoms with van der Waals surface area (Å²) in [5.41, 5.74) is -5.72. The number of para-hydroxylation sites is 1. The highest BCUT2D eigenvalue weighted by molar-refractivity contribution is 7.92. The van der Waals surface area contributed by atoms with E-state index >= 15 is 0 Å². The highest BCUT2D eigenvalue weighted by Crippen LogP contribution is 2.34. The molecular formula is C11H12F3NO4S. The SMILES string of the molecule is CCOC(=O)CNc1ccccc1S(=O)(=O)C(F)(F)F. The third-order valence-electron chi connectivity index (χ3n) is 2.21. The van der Waals surface area contributed by atoms with Gasteiger partial charge in [-0.3, -0.25) is 4.79 Å². The minimum Gasteiger partial charge on any atom is -0.465 e. The lowest BCUT2D eigenvalue weighted by atomic mass is 10.3.